The summed E-state index contributed by atoms with van der Waals surface area (Å²) in [7, 11) is 0. The van der Waals surface area contributed by atoms with Gasteiger partial charge in [0.2, 0.25) is 0 Å². The molecule has 1 aliphatic rings. The summed E-state index contributed by atoms with van der Waals surface area (Å²) in [6.07, 6.45) is 2.27. The Hall–Kier alpha value is 0.230. The van der Waals surface area contributed by atoms with Crippen LogP contribution in [0.15, 0.2) is 0 Å². The predicted molar refractivity (Wildman–Crippen MR) is 51.3 cm³/mol. The number of hydrogen-bond acceptors (Lipinski definition) is 4. The van der Waals surface area contributed by atoms with E-state index in [-0.39, 0.29) is 0 Å². The van der Waals surface area contributed by atoms with E-state index in [1.165, 1.54) is 11.8 Å². The molecule has 0 saturated heterocycles. The fourth-order valence-electron chi connectivity index (χ4n) is 1.97. The van der Waals surface area contributed by atoms with Gasteiger partial charge in [0.25, 0.3) is 0 Å². The van der Waals surface area contributed by atoms with Crippen LogP contribution >= 0.6 is 11.8 Å². The lowest BCUT2D eigenvalue weighted by Gasteiger charge is -2.46. The molecule has 78 valence electrons. The Labute approximate surface area is 83.2 Å². The van der Waals surface area contributed by atoms with Gasteiger partial charge in [-0.25, -0.2) is 0 Å². The second-order valence-corrected chi connectivity index (χ2v) is 5.06. The van der Waals surface area contributed by atoms with Crippen molar-refractivity contribution in [3.05, 3.63) is 0 Å². The van der Waals surface area contributed by atoms with Crippen LogP contribution in [0.3, 0.4) is 0 Å². The third-order valence-electron chi connectivity index (χ3n) is 2.84. The first-order valence-electron chi connectivity index (χ1n) is 4.60. The summed E-state index contributed by atoms with van der Waals surface area (Å²) in [6, 6.07) is 0. The van der Waals surface area contributed by atoms with E-state index < -0.39 is 23.1 Å². The minimum atomic E-state index is -1.09. The average Bonchev–Trinajstić information content (AvgIpc) is 2.03. The molecule has 0 heterocycles. The summed E-state index contributed by atoms with van der Waals surface area (Å²) in [5, 5.41) is 31.1. The van der Waals surface area contributed by atoms with Gasteiger partial charge in [0, 0.05) is 5.92 Å². The van der Waals surface area contributed by atoms with E-state index in [2.05, 4.69) is 0 Å². The van der Waals surface area contributed by atoms with Crippen molar-refractivity contribution in [1.29, 1.82) is 0 Å². The summed E-state index contributed by atoms with van der Waals surface area (Å²) in [5.41, 5.74) is 0. The fourth-order valence-corrected chi connectivity index (χ4v) is 2.55. The van der Waals surface area contributed by atoms with Crippen LogP contribution in [0.5, 0.6) is 0 Å². The first-order chi connectivity index (χ1) is 5.99. The Kier molecular flexibility index (Phi) is 3.63. The Morgan fingerprint density at radius 3 is 2.54 bits per heavy atom. The molecule has 4 atom stereocenters. The second-order valence-electron chi connectivity index (χ2n) is 3.82. The average molecular weight is 205 g/mol. The lowest BCUT2D eigenvalue weighted by molar-refractivity contribution is -0.448. The van der Waals surface area contributed by atoms with Crippen LogP contribution in [0, 0.1) is 5.92 Å². The highest BCUT2D eigenvalue weighted by atomic mass is 32.2. The molecule has 4 heteroatoms. The van der Waals surface area contributed by atoms with Gasteiger partial charge in [-0.1, -0.05) is 12.8 Å². The van der Waals surface area contributed by atoms with Crippen molar-refractivity contribution in [2.24, 2.45) is 5.92 Å². The molecule has 2 N–H and O–H groups in total. The molecule has 0 radical (unpaired) electrons. The van der Waals surface area contributed by atoms with Crippen LogP contribution in [0.25, 0.3) is 0 Å². The smallest absolute Gasteiger partial charge is 0.111 e. The van der Waals surface area contributed by atoms with E-state index in [1.54, 1.807) is 13.2 Å². The molecular formula is C9H17O3S-. The molecule has 0 aromatic rings. The molecular weight excluding hydrogens is 188 g/mol. The highest BCUT2D eigenvalue weighted by Gasteiger charge is 2.39. The monoisotopic (exact) mass is 205 g/mol. The van der Waals surface area contributed by atoms with E-state index in [1.807, 2.05) is 0 Å². The molecule has 0 spiro atoms. The van der Waals surface area contributed by atoms with Gasteiger partial charge in [-0.3, -0.25) is 0 Å². The van der Waals surface area contributed by atoms with Crippen LogP contribution in [-0.4, -0.2) is 33.6 Å². The van der Waals surface area contributed by atoms with Gasteiger partial charge in [-0.05, 0) is 19.6 Å². The van der Waals surface area contributed by atoms with Crippen molar-refractivity contribution >= 4 is 11.8 Å². The SMILES string of the molecule is CSC(C)(O)C1C([O-])CCCC1O. The summed E-state index contributed by atoms with van der Waals surface area (Å²) in [5.74, 6) is -0.531. The fraction of sp³-hybridized carbons (Fsp3) is 1.00. The number of aliphatic hydroxyl groups is 2. The topological polar surface area (TPSA) is 63.5 Å². The lowest BCUT2D eigenvalue weighted by Crippen LogP contribution is -2.53. The largest absolute Gasteiger partial charge is 0.852 e. The maximum Gasteiger partial charge on any atom is 0.111 e. The summed E-state index contributed by atoms with van der Waals surface area (Å²) in [4.78, 5) is -1.09. The van der Waals surface area contributed by atoms with Gasteiger partial charge in [0.1, 0.15) is 4.93 Å². The van der Waals surface area contributed by atoms with Gasteiger partial charge in [0.15, 0.2) is 0 Å². The Morgan fingerprint density at radius 2 is 2.08 bits per heavy atom. The van der Waals surface area contributed by atoms with E-state index in [9.17, 15) is 15.3 Å². The zero-order valence-corrected chi connectivity index (χ0v) is 8.88. The maximum absolute atomic E-state index is 11.6. The Bertz CT molecular complexity index is 162. The van der Waals surface area contributed by atoms with Gasteiger partial charge in [-0.2, -0.15) is 0 Å². The van der Waals surface area contributed by atoms with Crippen molar-refractivity contribution in [2.75, 3.05) is 6.26 Å². The molecule has 3 nitrogen and oxygen atoms in total. The molecule has 0 amide bonds. The molecule has 1 fully saturated rings. The minimum absolute atomic E-state index is 0.531. The van der Waals surface area contributed by atoms with Crippen LogP contribution in [0.1, 0.15) is 26.2 Å². The molecule has 1 rings (SSSR count). The highest BCUT2D eigenvalue weighted by molar-refractivity contribution is 7.99. The summed E-state index contributed by atoms with van der Waals surface area (Å²) < 4.78 is 0. The maximum atomic E-state index is 11.6. The summed E-state index contributed by atoms with van der Waals surface area (Å²) in [6.45, 7) is 1.61. The number of hydrogen-bond donors (Lipinski definition) is 2. The molecule has 13 heavy (non-hydrogen) atoms. The highest BCUT2D eigenvalue weighted by Crippen LogP contribution is 2.37. The van der Waals surface area contributed by atoms with Gasteiger partial charge < -0.3 is 15.3 Å². The third kappa shape index (κ3) is 2.37. The van der Waals surface area contributed by atoms with Gasteiger partial charge in [0.05, 0.1) is 6.10 Å². The normalized spacial score (nSPS) is 39.9. The molecule has 0 bridgehead atoms. The number of aliphatic hydroxyl groups excluding tert-OH is 1. The molecule has 4 unspecified atom stereocenters. The van der Waals surface area contributed by atoms with Crippen molar-refractivity contribution in [2.45, 2.75) is 43.3 Å². The Morgan fingerprint density at radius 1 is 1.46 bits per heavy atom. The molecule has 0 aromatic carbocycles. The van der Waals surface area contributed by atoms with Crippen LogP contribution in [0.2, 0.25) is 0 Å². The first kappa shape index (κ1) is 11.3. The first-order valence-corrected chi connectivity index (χ1v) is 5.83. The second kappa shape index (κ2) is 4.17. The minimum Gasteiger partial charge on any atom is -0.852 e. The van der Waals surface area contributed by atoms with Crippen molar-refractivity contribution < 1.29 is 15.3 Å². The van der Waals surface area contributed by atoms with E-state index in [0.29, 0.717) is 12.8 Å². The lowest BCUT2D eigenvalue weighted by atomic mass is 9.80. The van der Waals surface area contributed by atoms with E-state index in [4.69, 9.17) is 0 Å². The predicted octanol–water partition coefficient (Wildman–Crippen LogP) is -0.0522. The van der Waals surface area contributed by atoms with Crippen LogP contribution in [0.4, 0.5) is 0 Å². The number of thioether (sulfide) groups is 1. The standard InChI is InChI=1S/C9H17O3S/c1-9(12,13-2)8-6(10)4-3-5-7(8)11/h6-8,10,12H,3-5H2,1-2H3/q-1. The van der Waals surface area contributed by atoms with E-state index >= 15 is 0 Å². The molecule has 0 aromatic heterocycles. The van der Waals surface area contributed by atoms with Gasteiger partial charge >= 0.3 is 0 Å². The molecule has 0 aliphatic heterocycles. The van der Waals surface area contributed by atoms with Crippen LogP contribution in [-0.2, 0) is 0 Å². The van der Waals surface area contributed by atoms with Crippen molar-refractivity contribution in [1.82, 2.24) is 0 Å². The van der Waals surface area contributed by atoms with Crippen LogP contribution < -0.4 is 5.11 Å². The number of rotatable bonds is 2. The van der Waals surface area contributed by atoms with Crippen molar-refractivity contribution in [3.63, 3.8) is 0 Å². The summed E-state index contributed by atoms with van der Waals surface area (Å²) >= 11 is 1.24. The molecule has 1 saturated carbocycles. The van der Waals surface area contributed by atoms with Gasteiger partial charge in [-0.15, -0.1) is 17.9 Å². The Balaban J connectivity index is 2.73. The quantitative estimate of drug-likeness (QED) is 0.620. The third-order valence-corrected chi connectivity index (χ3v) is 3.93. The molecule has 1 aliphatic carbocycles. The zero-order valence-electron chi connectivity index (χ0n) is 8.06. The van der Waals surface area contributed by atoms with E-state index in [0.717, 1.165) is 6.42 Å². The van der Waals surface area contributed by atoms with Crippen molar-refractivity contribution in [3.8, 4) is 0 Å². The zero-order chi connectivity index (χ0) is 10.1.